The average molecular weight is 212 g/mol. The van der Waals surface area contributed by atoms with Gasteiger partial charge in [0.1, 0.15) is 0 Å². The fraction of sp³-hybridized carbons (Fsp3) is 0.818. The number of likely N-dealkylation sites (tertiary alicyclic amines) is 1. The third-order valence-electron chi connectivity index (χ3n) is 2.46. The summed E-state index contributed by atoms with van der Waals surface area (Å²) in [4.78, 5) is 24.8. The number of carbonyl (C=O) groups excluding carboxylic acids is 2. The Bertz CT molecular complexity index is 268. The second-order valence-corrected chi connectivity index (χ2v) is 5.14. The van der Waals surface area contributed by atoms with Crippen LogP contribution in [0.5, 0.6) is 0 Å². The van der Waals surface area contributed by atoms with Crippen molar-refractivity contribution in [3.63, 3.8) is 0 Å². The molecule has 1 unspecified atom stereocenters. The minimum absolute atomic E-state index is 0.0801. The predicted molar refractivity (Wildman–Crippen MR) is 58.7 cm³/mol. The molecule has 4 nitrogen and oxygen atoms in total. The van der Waals surface area contributed by atoms with Crippen LogP contribution in [0, 0.1) is 0 Å². The first-order chi connectivity index (χ1) is 6.81. The lowest BCUT2D eigenvalue weighted by Gasteiger charge is -2.28. The summed E-state index contributed by atoms with van der Waals surface area (Å²) in [6.07, 6.45) is 1.72. The number of hydrogen-bond donors (Lipinski definition) is 1. The van der Waals surface area contributed by atoms with Gasteiger partial charge in [-0.15, -0.1) is 0 Å². The SMILES string of the molecule is CC(=O)C1CCCN1C(=O)NC(C)(C)C. The van der Waals surface area contributed by atoms with Crippen LogP contribution in [0.3, 0.4) is 0 Å². The largest absolute Gasteiger partial charge is 0.333 e. The number of rotatable bonds is 1. The third-order valence-corrected chi connectivity index (χ3v) is 2.46. The van der Waals surface area contributed by atoms with Gasteiger partial charge in [0.15, 0.2) is 5.78 Å². The molecule has 0 aliphatic carbocycles. The highest BCUT2D eigenvalue weighted by Crippen LogP contribution is 2.18. The topological polar surface area (TPSA) is 49.4 Å². The molecule has 0 saturated carbocycles. The summed E-state index contributed by atoms with van der Waals surface area (Å²) in [6, 6.07) is -0.340. The highest BCUT2D eigenvalue weighted by Gasteiger charge is 2.32. The van der Waals surface area contributed by atoms with E-state index in [1.165, 1.54) is 0 Å². The van der Waals surface area contributed by atoms with Crippen LogP contribution in [0.15, 0.2) is 0 Å². The molecule has 86 valence electrons. The molecule has 2 amide bonds. The summed E-state index contributed by atoms with van der Waals surface area (Å²) in [7, 11) is 0. The van der Waals surface area contributed by atoms with Crippen LogP contribution in [-0.2, 0) is 4.79 Å². The van der Waals surface area contributed by atoms with E-state index < -0.39 is 0 Å². The Kier molecular flexibility index (Phi) is 3.37. The number of nitrogens with zero attached hydrogens (tertiary/aromatic N) is 1. The molecular formula is C11H20N2O2. The van der Waals surface area contributed by atoms with E-state index in [0.29, 0.717) is 6.54 Å². The minimum atomic E-state index is -0.249. The van der Waals surface area contributed by atoms with Crippen molar-refractivity contribution >= 4 is 11.8 Å². The van der Waals surface area contributed by atoms with E-state index in [0.717, 1.165) is 12.8 Å². The maximum absolute atomic E-state index is 11.8. The van der Waals surface area contributed by atoms with E-state index >= 15 is 0 Å². The Morgan fingerprint density at radius 2 is 1.93 bits per heavy atom. The monoisotopic (exact) mass is 212 g/mol. The zero-order valence-corrected chi connectivity index (χ0v) is 9.96. The van der Waals surface area contributed by atoms with Crippen LogP contribution in [0.25, 0.3) is 0 Å². The van der Waals surface area contributed by atoms with Gasteiger partial charge in [0.05, 0.1) is 6.04 Å². The number of Topliss-reactive ketones (excluding diaryl/α,β-unsaturated/α-hetero) is 1. The molecule has 1 aliphatic heterocycles. The number of hydrogen-bond acceptors (Lipinski definition) is 2. The zero-order chi connectivity index (χ0) is 11.6. The van der Waals surface area contributed by atoms with Crippen LogP contribution in [-0.4, -0.2) is 34.8 Å². The van der Waals surface area contributed by atoms with E-state index in [9.17, 15) is 9.59 Å². The Hall–Kier alpha value is -1.06. The van der Waals surface area contributed by atoms with E-state index in [4.69, 9.17) is 0 Å². The zero-order valence-electron chi connectivity index (χ0n) is 9.96. The second-order valence-electron chi connectivity index (χ2n) is 5.14. The Morgan fingerprint density at radius 1 is 1.33 bits per heavy atom. The maximum atomic E-state index is 11.8. The number of amides is 2. The lowest BCUT2D eigenvalue weighted by atomic mass is 10.1. The average Bonchev–Trinajstić information content (AvgIpc) is 2.47. The lowest BCUT2D eigenvalue weighted by molar-refractivity contribution is -0.120. The van der Waals surface area contributed by atoms with Gasteiger partial charge in [-0.2, -0.15) is 0 Å². The predicted octanol–water partition coefficient (Wildman–Crippen LogP) is 1.55. The van der Waals surface area contributed by atoms with Crippen molar-refractivity contribution < 1.29 is 9.59 Å². The quantitative estimate of drug-likeness (QED) is 0.717. The highest BCUT2D eigenvalue weighted by molar-refractivity contribution is 5.87. The smallest absolute Gasteiger partial charge is 0.318 e. The molecular weight excluding hydrogens is 192 g/mol. The summed E-state index contributed by atoms with van der Waals surface area (Å²) < 4.78 is 0. The first-order valence-corrected chi connectivity index (χ1v) is 5.40. The van der Waals surface area contributed by atoms with Crippen LogP contribution in [0.2, 0.25) is 0 Å². The molecule has 0 spiro atoms. The lowest BCUT2D eigenvalue weighted by Crippen LogP contribution is -2.51. The first kappa shape index (κ1) is 12.0. The molecule has 1 aliphatic rings. The standard InChI is InChI=1S/C11H20N2O2/c1-8(14)9-6-5-7-13(9)10(15)12-11(2,3)4/h9H,5-7H2,1-4H3,(H,12,15). The summed E-state index contributed by atoms with van der Waals surface area (Å²) >= 11 is 0. The van der Waals surface area contributed by atoms with Crippen molar-refractivity contribution in [2.24, 2.45) is 0 Å². The molecule has 1 N–H and O–H groups in total. The molecule has 1 fully saturated rings. The third kappa shape index (κ3) is 3.22. The Labute approximate surface area is 91.0 Å². The molecule has 1 saturated heterocycles. The van der Waals surface area contributed by atoms with Crippen LogP contribution in [0.1, 0.15) is 40.5 Å². The van der Waals surface area contributed by atoms with Gasteiger partial charge in [-0.05, 0) is 40.5 Å². The van der Waals surface area contributed by atoms with Gasteiger partial charge in [-0.25, -0.2) is 4.79 Å². The van der Waals surface area contributed by atoms with Gasteiger partial charge in [-0.1, -0.05) is 0 Å². The normalized spacial score (nSPS) is 21.6. The van der Waals surface area contributed by atoms with Gasteiger partial charge in [-0.3, -0.25) is 4.79 Å². The number of urea groups is 1. The molecule has 0 aromatic heterocycles. The Balaban J connectivity index is 2.63. The van der Waals surface area contributed by atoms with Gasteiger partial charge < -0.3 is 10.2 Å². The van der Waals surface area contributed by atoms with Gasteiger partial charge in [0.25, 0.3) is 0 Å². The summed E-state index contributed by atoms with van der Waals surface area (Å²) in [6.45, 7) is 8.04. The second kappa shape index (κ2) is 4.21. The maximum Gasteiger partial charge on any atom is 0.318 e. The molecule has 0 radical (unpaired) electrons. The minimum Gasteiger partial charge on any atom is -0.333 e. The summed E-state index contributed by atoms with van der Waals surface area (Å²) in [5, 5.41) is 2.88. The van der Waals surface area contributed by atoms with Gasteiger partial charge in [0.2, 0.25) is 0 Å². The van der Waals surface area contributed by atoms with Crippen LogP contribution in [0.4, 0.5) is 4.79 Å². The molecule has 1 rings (SSSR count). The molecule has 0 bridgehead atoms. The molecule has 4 heteroatoms. The van der Waals surface area contributed by atoms with E-state index in [-0.39, 0.29) is 23.4 Å². The number of nitrogens with one attached hydrogen (secondary N) is 1. The molecule has 1 atom stereocenters. The first-order valence-electron chi connectivity index (χ1n) is 5.40. The molecule has 1 heterocycles. The van der Waals surface area contributed by atoms with Crippen LogP contribution >= 0.6 is 0 Å². The van der Waals surface area contributed by atoms with Crippen LogP contribution < -0.4 is 5.32 Å². The number of carbonyl (C=O) groups is 2. The van der Waals surface area contributed by atoms with Crippen molar-refractivity contribution in [3.05, 3.63) is 0 Å². The molecule has 0 aromatic carbocycles. The van der Waals surface area contributed by atoms with E-state index in [1.807, 2.05) is 20.8 Å². The molecule has 0 aromatic rings. The van der Waals surface area contributed by atoms with Crippen molar-refractivity contribution in [2.45, 2.75) is 52.1 Å². The molecule has 15 heavy (non-hydrogen) atoms. The van der Waals surface area contributed by atoms with Crippen molar-refractivity contribution in [3.8, 4) is 0 Å². The van der Waals surface area contributed by atoms with Crippen molar-refractivity contribution in [1.29, 1.82) is 0 Å². The van der Waals surface area contributed by atoms with Crippen molar-refractivity contribution in [1.82, 2.24) is 10.2 Å². The van der Waals surface area contributed by atoms with E-state index in [1.54, 1.807) is 11.8 Å². The van der Waals surface area contributed by atoms with Gasteiger partial charge >= 0.3 is 6.03 Å². The Morgan fingerprint density at radius 3 is 2.40 bits per heavy atom. The van der Waals surface area contributed by atoms with Gasteiger partial charge in [0, 0.05) is 12.1 Å². The highest BCUT2D eigenvalue weighted by atomic mass is 16.2. The number of ketones is 1. The summed E-state index contributed by atoms with van der Waals surface area (Å²) in [5.41, 5.74) is -0.249. The fourth-order valence-electron chi connectivity index (χ4n) is 1.83. The summed E-state index contributed by atoms with van der Waals surface area (Å²) in [5.74, 6) is 0.0801. The van der Waals surface area contributed by atoms with Crippen molar-refractivity contribution in [2.75, 3.05) is 6.54 Å². The van der Waals surface area contributed by atoms with E-state index in [2.05, 4.69) is 5.32 Å². The fourth-order valence-corrected chi connectivity index (χ4v) is 1.83.